The van der Waals surface area contributed by atoms with Gasteiger partial charge in [0, 0.05) is 12.1 Å². The lowest BCUT2D eigenvalue weighted by atomic mass is 9.92. The Morgan fingerprint density at radius 1 is 1.40 bits per heavy atom. The standard InChI is InChI=1S/C12H28N2O/c1-5-12(13,10-15)7-6-8-14(4)9-11(2)3/h11,15H,5-10,13H2,1-4H3. The SMILES string of the molecule is CCC(N)(CO)CCCN(C)CC(C)C. The molecule has 3 heteroatoms. The summed E-state index contributed by atoms with van der Waals surface area (Å²) in [6.45, 7) is 8.78. The van der Waals surface area contributed by atoms with Gasteiger partial charge in [0.2, 0.25) is 0 Å². The number of hydrogen-bond donors (Lipinski definition) is 2. The van der Waals surface area contributed by atoms with Crippen LogP contribution in [0, 0.1) is 5.92 Å². The maximum atomic E-state index is 9.16. The van der Waals surface area contributed by atoms with E-state index in [1.54, 1.807) is 0 Å². The first-order valence-electron chi connectivity index (χ1n) is 6.02. The average molecular weight is 216 g/mol. The molecule has 0 aliphatic heterocycles. The fraction of sp³-hybridized carbons (Fsp3) is 1.00. The Morgan fingerprint density at radius 2 is 2.00 bits per heavy atom. The number of nitrogens with two attached hydrogens (primary N) is 1. The quantitative estimate of drug-likeness (QED) is 0.646. The Bertz CT molecular complexity index is 156. The zero-order chi connectivity index (χ0) is 11.9. The van der Waals surface area contributed by atoms with Gasteiger partial charge < -0.3 is 15.7 Å². The lowest BCUT2D eigenvalue weighted by Crippen LogP contribution is -2.43. The van der Waals surface area contributed by atoms with E-state index < -0.39 is 0 Å². The number of aliphatic hydroxyl groups excluding tert-OH is 1. The molecule has 0 amide bonds. The molecule has 0 heterocycles. The molecule has 1 unspecified atom stereocenters. The van der Waals surface area contributed by atoms with Gasteiger partial charge in [0.05, 0.1) is 6.61 Å². The third-order valence-corrected chi connectivity index (χ3v) is 2.91. The van der Waals surface area contributed by atoms with E-state index in [1.165, 1.54) is 0 Å². The molecule has 3 N–H and O–H groups in total. The van der Waals surface area contributed by atoms with Crippen molar-refractivity contribution in [1.82, 2.24) is 4.90 Å². The van der Waals surface area contributed by atoms with Gasteiger partial charge in [-0.05, 0) is 38.8 Å². The maximum Gasteiger partial charge on any atom is 0.0611 e. The normalized spacial score (nSPS) is 16.0. The van der Waals surface area contributed by atoms with Gasteiger partial charge in [0.1, 0.15) is 0 Å². The van der Waals surface area contributed by atoms with Gasteiger partial charge in [0.15, 0.2) is 0 Å². The van der Waals surface area contributed by atoms with Crippen molar-refractivity contribution in [3.63, 3.8) is 0 Å². The minimum Gasteiger partial charge on any atom is -0.394 e. The summed E-state index contributed by atoms with van der Waals surface area (Å²) >= 11 is 0. The van der Waals surface area contributed by atoms with Crippen LogP contribution in [-0.4, -0.2) is 42.3 Å². The zero-order valence-electron chi connectivity index (χ0n) is 10.8. The van der Waals surface area contributed by atoms with Gasteiger partial charge in [-0.15, -0.1) is 0 Å². The van der Waals surface area contributed by atoms with Crippen molar-refractivity contribution in [2.75, 3.05) is 26.7 Å². The lowest BCUT2D eigenvalue weighted by Gasteiger charge is -2.27. The molecule has 92 valence electrons. The summed E-state index contributed by atoms with van der Waals surface area (Å²) in [4.78, 5) is 2.33. The zero-order valence-corrected chi connectivity index (χ0v) is 10.8. The summed E-state index contributed by atoms with van der Waals surface area (Å²) in [5, 5.41) is 9.16. The first-order chi connectivity index (χ1) is 6.93. The highest BCUT2D eigenvalue weighted by Crippen LogP contribution is 2.13. The Hall–Kier alpha value is -0.120. The van der Waals surface area contributed by atoms with Crippen molar-refractivity contribution in [3.8, 4) is 0 Å². The second-order valence-corrected chi connectivity index (χ2v) is 5.13. The number of hydrogen-bond acceptors (Lipinski definition) is 3. The Labute approximate surface area is 94.6 Å². The van der Waals surface area contributed by atoms with Gasteiger partial charge in [0.25, 0.3) is 0 Å². The van der Waals surface area contributed by atoms with Crippen LogP contribution < -0.4 is 5.73 Å². The summed E-state index contributed by atoms with van der Waals surface area (Å²) in [6.07, 6.45) is 2.81. The molecule has 3 nitrogen and oxygen atoms in total. The van der Waals surface area contributed by atoms with E-state index in [-0.39, 0.29) is 12.1 Å². The lowest BCUT2D eigenvalue weighted by molar-refractivity contribution is 0.173. The molecule has 0 saturated heterocycles. The molecule has 0 rings (SSSR count). The van der Waals surface area contributed by atoms with Gasteiger partial charge >= 0.3 is 0 Å². The molecule has 0 aliphatic carbocycles. The van der Waals surface area contributed by atoms with E-state index in [2.05, 4.69) is 25.8 Å². The summed E-state index contributed by atoms with van der Waals surface area (Å²) in [5.41, 5.74) is 5.65. The first-order valence-corrected chi connectivity index (χ1v) is 6.02. The van der Waals surface area contributed by atoms with Crippen LogP contribution in [0.3, 0.4) is 0 Å². The van der Waals surface area contributed by atoms with Crippen molar-refractivity contribution in [1.29, 1.82) is 0 Å². The van der Waals surface area contributed by atoms with E-state index in [1.807, 2.05) is 6.92 Å². The Kier molecular flexibility index (Phi) is 7.14. The van der Waals surface area contributed by atoms with Crippen LogP contribution in [0.2, 0.25) is 0 Å². The summed E-state index contributed by atoms with van der Waals surface area (Å²) < 4.78 is 0. The van der Waals surface area contributed by atoms with E-state index in [9.17, 15) is 0 Å². The molecule has 0 radical (unpaired) electrons. The molecule has 0 aromatic carbocycles. The average Bonchev–Trinajstić information content (AvgIpc) is 2.16. The van der Waals surface area contributed by atoms with Gasteiger partial charge in [-0.25, -0.2) is 0 Å². The van der Waals surface area contributed by atoms with Crippen LogP contribution >= 0.6 is 0 Å². The monoisotopic (exact) mass is 216 g/mol. The van der Waals surface area contributed by atoms with Crippen molar-refractivity contribution >= 4 is 0 Å². The Morgan fingerprint density at radius 3 is 2.40 bits per heavy atom. The van der Waals surface area contributed by atoms with Crippen molar-refractivity contribution < 1.29 is 5.11 Å². The fourth-order valence-corrected chi connectivity index (χ4v) is 1.78. The summed E-state index contributed by atoms with van der Waals surface area (Å²) in [7, 11) is 2.14. The van der Waals surface area contributed by atoms with Crippen LogP contribution in [0.15, 0.2) is 0 Å². The minimum atomic E-state index is -0.362. The van der Waals surface area contributed by atoms with Crippen LogP contribution in [0.25, 0.3) is 0 Å². The van der Waals surface area contributed by atoms with Crippen LogP contribution in [0.4, 0.5) is 0 Å². The van der Waals surface area contributed by atoms with Gasteiger partial charge in [-0.2, -0.15) is 0 Å². The summed E-state index contributed by atoms with van der Waals surface area (Å²) in [5.74, 6) is 0.710. The number of rotatable bonds is 8. The molecule has 0 aromatic rings. The van der Waals surface area contributed by atoms with E-state index in [0.29, 0.717) is 5.92 Å². The van der Waals surface area contributed by atoms with E-state index in [4.69, 9.17) is 10.8 Å². The third kappa shape index (κ3) is 6.88. The maximum absolute atomic E-state index is 9.16. The van der Waals surface area contributed by atoms with Crippen LogP contribution in [0.1, 0.15) is 40.0 Å². The van der Waals surface area contributed by atoms with Crippen LogP contribution in [0.5, 0.6) is 0 Å². The van der Waals surface area contributed by atoms with E-state index in [0.717, 1.165) is 32.4 Å². The minimum absolute atomic E-state index is 0.0946. The third-order valence-electron chi connectivity index (χ3n) is 2.91. The molecular formula is C12H28N2O. The molecule has 0 saturated carbocycles. The van der Waals surface area contributed by atoms with Gasteiger partial charge in [-0.3, -0.25) is 0 Å². The summed E-state index contributed by atoms with van der Waals surface area (Å²) in [6, 6.07) is 0. The van der Waals surface area contributed by atoms with Crippen molar-refractivity contribution in [3.05, 3.63) is 0 Å². The molecular weight excluding hydrogens is 188 g/mol. The van der Waals surface area contributed by atoms with Crippen molar-refractivity contribution in [2.45, 2.75) is 45.6 Å². The molecule has 0 spiro atoms. The highest BCUT2D eigenvalue weighted by molar-refractivity contribution is 4.81. The Balaban J connectivity index is 3.68. The largest absolute Gasteiger partial charge is 0.394 e. The second-order valence-electron chi connectivity index (χ2n) is 5.13. The number of aliphatic hydroxyl groups is 1. The molecule has 15 heavy (non-hydrogen) atoms. The van der Waals surface area contributed by atoms with Gasteiger partial charge in [-0.1, -0.05) is 20.8 Å². The second kappa shape index (κ2) is 7.20. The molecule has 0 aromatic heterocycles. The topological polar surface area (TPSA) is 49.5 Å². The molecule has 0 fully saturated rings. The first kappa shape index (κ1) is 14.9. The highest BCUT2D eigenvalue weighted by Gasteiger charge is 2.20. The smallest absolute Gasteiger partial charge is 0.0611 e. The highest BCUT2D eigenvalue weighted by atomic mass is 16.3. The molecule has 0 bridgehead atoms. The van der Waals surface area contributed by atoms with E-state index >= 15 is 0 Å². The molecule has 0 aliphatic rings. The fourth-order valence-electron chi connectivity index (χ4n) is 1.78. The van der Waals surface area contributed by atoms with Crippen LogP contribution in [-0.2, 0) is 0 Å². The predicted molar refractivity (Wildman–Crippen MR) is 65.9 cm³/mol. The number of nitrogens with zero attached hydrogens (tertiary/aromatic N) is 1. The molecule has 1 atom stereocenters. The van der Waals surface area contributed by atoms with Crippen molar-refractivity contribution in [2.24, 2.45) is 11.7 Å². The predicted octanol–water partition coefficient (Wildman–Crippen LogP) is 1.45.